The van der Waals surface area contributed by atoms with E-state index in [9.17, 15) is 36.4 Å². The highest BCUT2D eigenvalue weighted by Gasteiger charge is 2.77. The molecule has 1 aromatic carbocycles. The Hall–Kier alpha value is -3.16. The Morgan fingerprint density at radius 3 is 2.07 bits per heavy atom. The highest BCUT2D eigenvalue weighted by atomic mass is 19.4. The van der Waals surface area contributed by atoms with Crippen molar-refractivity contribution in [1.29, 1.82) is 5.26 Å². The minimum absolute atomic E-state index is 0.0421. The van der Waals surface area contributed by atoms with E-state index in [4.69, 9.17) is 11.5 Å². The molecule has 1 aliphatic carbocycles. The molecule has 154 valence electrons. The molecule has 0 saturated heterocycles. The molecule has 0 radical (unpaired) electrons. The Morgan fingerprint density at radius 1 is 1.07 bits per heavy atom. The molecule has 1 aliphatic heterocycles. The van der Waals surface area contributed by atoms with Crippen molar-refractivity contribution in [2.75, 3.05) is 4.90 Å². The van der Waals surface area contributed by atoms with Gasteiger partial charge in [-0.3, -0.25) is 9.69 Å². The van der Waals surface area contributed by atoms with Crippen LogP contribution in [0.25, 0.3) is 0 Å². The fourth-order valence-electron chi connectivity index (χ4n) is 3.98. The van der Waals surface area contributed by atoms with Gasteiger partial charge in [0, 0.05) is 16.9 Å². The van der Waals surface area contributed by atoms with E-state index >= 15 is 0 Å². The first-order chi connectivity index (χ1) is 13.4. The minimum atomic E-state index is -5.81. The largest absolute Gasteiger partial charge is 0.411 e. The molecule has 0 unspecified atom stereocenters. The van der Waals surface area contributed by atoms with E-state index in [-0.39, 0.29) is 29.8 Å². The fraction of sp³-hybridized carbons (Fsp3) is 0.333. The first kappa shape index (κ1) is 20.6. The van der Waals surface area contributed by atoms with Crippen LogP contribution in [-0.2, 0) is 0 Å². The van der Waals surface area contributed by atoms with Crippen LogP contribution in [0.5, 0.6) is 0 Å². The van der Waals surface area contributed by atoms with E-state index in [0.717, 1.165) is 11.0 Å². The van der Waals surface area contributed by atoms with E-state index < -0.39 is 47.1 Å². The number of alkyl halides is 6. The number of carbonyl (C=O) groups is 1. The number of halogens is 6. The Bertz CT molecular complexity index is 952. The third-order valence-electron chi connectivity index (χ3n) is 5.16. The third kappa shape index (κ3) is 2.73. The van der Waals surface area contributed by atoms with Gasteiger partial charge in [-0.15, -0.1) is 0 Å². The number of nitriles is 1. The number of anilines is 1. The van der Waals surface area contributed by atoms with Crippen LogP contribution in [-0.4, -0.2) is 18.3 Å². The van der Waals surface area contributed by atoms with Crippen molar-refractivity contribution in [2.45, 2.75) is 31.6 Å². The Kier molecular flexibility index (Phi) is 4.56. The molecule has 5 nitrogen and oxygen atoms in total. The average Bonchev–Trinajstić information content (AvgIpc) is 3.07. The van der Waals surface area contributed by atoms with Gasteiger partial charge in [-0.1, -0.05) is 0 Å². The van der Waals surface area contributed by atoms with Crippen molar-refractivity contribution >= 4 is 11.6 Å². The first-order valence-corrected chi connectivity index (χ1v) is 8.34. The summed E-state index contributed by atoms with van der Waals surface area (Å²) in [6, 6.07) is 6.18. The lowest BCUT2D eigenvalue weighted by Crippen LogP contribution is -2.56. The molecule has 0 bridgehead atoms. The van der Waals surface area contributed by atoms with Gasteiger partial charge in [0.15, 0.2) is 0 Å². The van der Waals surface area contributed by atoms with Gasteiger partial charge in [0.05, 0.1) is 5.57 Å². The predicted octanol–water partition coefficient (Wildman–Crippen LogP) is 3.85. The molecule has 0 saturated carbocycles. The Labute approximate surface area is 160 Å². The maximum absolute atomic E-state index is 13.9. The van der Waals surface area contributed by atoms with E-state index in [0.29, 0.717) is 0 Å². The van der Waals surface area contributed by atoms with Gasteiger partial charge in [0.2, 0.25) is 11.3 Å². The summed E-state index contributed by atoms with van der Waals surface area (Å²) in [5, 5.41) is 9.33. The average molecular weight is 416 g/mol. The fourth-order valence-corrected chi connectivity index (χ4v) is 3.98. The smallest absolute Gasteiger partial charge is 0.384 e. The maximum atomic E-state index is 13.9. The summed E-state index contributed by atoms with van der Waals surface area (Å²) in [5.74, 6) is -1.71. The van der Waals surface area contributed by atoms with Crippen molar-refractivity contribution in [3.05, 3.63) is 52.5 Å². The number of carbonyl (C=O) groups excluding carboxylic acids is 1. The van der Waals surface area contributed by atoms with Crippen LogP contribution < -0.4 is 16.4 Å². The molecule has 0 aromatic heterocycles. The molecule has 1 amide bonds. The summed E-state index contributed by atoms with van der Waals surface area (Å²) < 4.78 is 83.7. The predicted molar refractivity (Wildman–Crippen MR) is 89.7 cm³/mol. The Morgan fingerprint density at radius 2 is 1.62 bits per heavy atom. The zero-order chi connectivity index (χ0) is 21.8. The van der Waals surface area contributed by atoms with Crippen LogP contribution in [0.15, 0.2) is 46.9 Å². The third-order valence-corrected chi connectivity index (χ3v) is 5.16. The van der Waals surface area contributed by atoms with Gasteiger partial charge in [-0.2, -0.15) is 31.6 Å². The standard InChI is InChI=1S/C18H14F6N4O/c19-17(20,21)16(18(22,23)24)11-2-1-3-13(11)28(14(26)12(16)8-25)10-6-4-9(5-7-10)15(27)29/h4-7H,1-3,26H2,(H2,27,29). The summed E-state index contributed by atoms with van der Waals surface area (Å²) in [6.07, 6.45) is -12.1. The summed E-state index contributed by atoms with van der Waals surface area (Å²) >= 11 is 0. The van der Waals surface area contributed by atoms with Crippen LogP contribution in [0.2, 0.25) is 0 Å². The number of primary amides is 1. The molecule has 1 heterocycles. The van der Waals surface area contributed by atoms with Gasteiger partial charge >= 0.3 is 12.4 Å². The molecule has 0 fully saturated rings. The Balaban J connectivity index is 2.32. The lowest BCUT2D eigenvalue weighted by Gasteiger charge is -2.44. The lowest BCUT2D eigenvalue weighted by atomic mass is 9.69. The van der Waals surface area contributed by atoms with Gasteiger partial charge in [-0.05, 0) is 49.1 Å². The van der Waals surface area contributed by atoms with Crippen LogP contribution in [0.3, 0.4) is 0 Å². The van der Waals surface area contributed by atoms with Gasteiger partial charge in [0.25, 0.3) is 0 Å². The molecular weight excluding hydrogens is 402 g/mol. The van der Waals surface area contributed by atoms with E-state index in [1.54, 1.807) is 0 Å². The number of nitrogens with zero attached hydrogens (tertiary/aromatic N) is 2. The second kappa shape index (κ2) is 6.43. The maximum Gasteiger partial charge on any atom is 0.411 e. The van der Waals surface area contributed by atoms with Crippen LogP contribution in [0, 0.1) is 16.7 Å². The summed E-state index contributed by atoms with van der Waals surface area (Å²) in [4.78, 5) is 12.2. The van der Waals surface area contributed by atoms with E-state index in [2.05, 4.69) is 0 Å². The van der Waals surface area contributed by atoms with Crippen molar-refractivity contribution in [3.63, 3.8) is 0 Å². The van der Waals surface area contributed by atoms with E-state index in [1.807, 2.05) is 0 Å². The second-order valence-electron chi connectivity index (χ2n) is 6.64. The van der Waals surface area contributed by atoms with Gasteiger partial charge < -0.3 is 11.5 Å². The van der Waals surface area contributed by atoms with Crippen molar-refractivity contribution in [1.82, 2.24) is 0 Å². The molecule has 1 aromatic rings. The number of nitrogens with two attached hydrogens (primary N) is 2. The number of hydrogen-bond donors (Lipinski definition) is 2. The highest BCUT2D eigenvalue weighted by molar-refractivity contribution is 5.93. The molecule has 0 spiro atoms. The van der Waals surface area contributed by atoms with Gasteiger partial charge in [0.1, 0.15) is 11.9 Å². The van der Waals surface area contributed by atoms with Crippen LogP contribution >= 0.6 is 0 Å². The lowest BCUT2D eigenvalue weighted by molar-refractivity contribution is -0.310. The van der Waals surface area contributed by atoms with Crippen molar-refractivity contribution in [2.24, 2.45) is 16.9 Å². The normalized spacial score (nSPS) is 19.3. The minimum Gasteiger partial charge on any atom is -0.384 e. The number of benzene rings is 1. The van der Waals surface area contributed by atoms with E-state index in [1.165, 1.54) is 24.3 Å². The zero-order valence-corrected chi connectivity index (χ0v) is 14.7. The molecule has 3 rings (SSSR count). The number of allylic oxidation sites excluding steroid dienone is 3. The summed E-state index contributed by atoms with van der Waals surface area (Å²) in [5.41, 5.74) is 3.86. The summed E-state index contributed by atoms with van der Waals surface area (Å²) in [6.45, 7) is 0. The first-order valence-electron chi connectivity index (χ1n) is 8.34. The monoisotopic (exact) mass is 416 g/mol. The quantitative estimate of drug-likeness (QED) is 0.716. The topological polar surface area (TPSA) is 96.1 Å². The molecule has 11 heteroatoms. The SMILES string of the molecule is N#CC1=C(N)N(c2ccc(C(N)=O)cc2)C2=C(CCC2)C1(C(F)(F)F)C(F)(F)F. The number of rotatable bonds is 2. The van der Waals surface area contributed by atoms with Crippen molar-refractivity contribution in [3.8, 4) is 6.07 Å². The molecule has 4 N–H and O–H groups in total. The number of hydrogen-bond acceptors (Lipinski definition) is 4. The zero-order valence-electron chi connectivity index (χ0n) is 14.7. The van der Waals surface area contributed by atoms with Crippen molar-refractivity contribution < 1.29 is 31.1 Å². The highest BCUT2D eigenvalue weighted by Crippen LogP contribution is 2.64. The molecule has 2 aliphatic rings. The van der Waals surface area contributed by atoms with Gasteiger partial charge in [-0.25, -0.2) is 0 Å². The molecular formula is C18H14F6N4O. The number of amides is 1. The summed E-state index contributed by atoms with van der Waals surface area (Å²) in [7, 11) is 0. The molecule has 0 atom stereocenters. The van der Waals surface area contributed by atoms with Crippen LogP contribution in [0.1, 0.15) is 29.6 Å². The van der Waals surface area contributed by atoms with Crippen LogP contribution in [0.4, 0.5) is 32.0 Å². The second-order valence-corrected chi connectivity index (χ2v) is 6.64. The molecule has 29 heavy (non-hydrogen) atoms.